The van der Waals surface area contributed by atoms with Gasteiger partial charge in [-0.1, -0.05) is 30.3 Å². The zero-order valence-electron chi connectivity index (χ0n) is 16.2. The molecule has 3 aromatic rings. The average Bonchev–Trinajstić information content (AvgIpc) is 2.78. The van der Waals surface area contributed by atoms with E-state index in [1.165, 1.54) is 29.2 Å². The van der Waals surface area contributed by atoms with Crippen LogP contribution in [-0.4, -0.2) is 59.6 Å². The minimum Gasteiger partial charge on any atom is -0.336 e. The van der Waals surface area contributed by atoms with Crippen molar-refractivity contribution in [2.24, 2.45) is 0 Å². The lowest BCUT2D eigenvalue weighted by atomic mass is 10.1. The number of nitrogens with zero attached hydrogens (tertiary/aromatic N) is 3. The predicted molar refractivity (Wildman–Crippen MR) is 112 cm³/mol. The van der Waals surface area contributed by atoms with Crippen LogP contribution in [0.3, 0.4) is 0 Å². The second-order valence-corrected chi connectivity index (χ2v) is 8.93. The monoisotopic (exact) mass is 442 g/mol. The van der Waals surface area contributed by atoms with Crippen molar-refractivity contribution in [3.05, 3.63) is 80.6 Å². The van der Waals surface area contributed by atoms with Crippen LogP contribution in [0.2, 0.25) is 0 Å². The zero-order chi connectivity index (χ0) is 22.2. The summed E-state index contributed by atoms with van der Waals surface area (Å²) in [4.78, 5) is 39.4. The van der Waals surface area contributed by atoms with E-state index in [1.807, 2.05) is 0 Å². The molecule has 0 radical (unpaired) electrons. The SMILES string of the molecule is O=C(c1cc2ccccc2[nH]c1=O)N1CCN(S(=O)(=O)c2ccccc2[N+](=O)[O-])CC1. The number of H-pyrrole nitrogens is 1. The van der Waals surface area contributed by atoms with Gasteiger partial charge in [-0.2, -0.15) is 4.31 Å². The molecule has 10 nitrogen and oxygen atoms in total. The quantitative estimate of drug-likeness (QED) is 0.482. The van der Waals surface area contributed by atoms with Gasteiger partial charge in [-0.15, -0.1) is 0 Å². The number of nitrogens with one attached hydrogen (secondary N) is 1. The van der Waals surface area contributed by atoms with Crippen LogP contribution in [0.25, 0.3) is 10.9 Å². The lowest BCUT2D eigenvalue weighted by Crippen LogP contribution is -2.51. The number of rotatable bonds is 4. The molecule has 11 heteroatoms. The summed E-state index contributed by atoms with van der Waals surface area (Å²) in [6.45, 7) is 0.0487. The van der Waals surface area contributed by atoms with Gasteiger partial charge in [-0.25, -0.2) is 8.42 Å². The van der Waals surface area contributed by atoms with E-state index in [2.05, 4.69) is 4.98 Å². The molecule has 160 valence electrons. The molecule has 0 unspecified atom stereocenters. The smallest absolute Gasteiger partial charge is 0.289 e. The van der Waals surface area contributed by atoms with E-state index in [-0.39, 0.29) is 36.6 Å². The molecular formula is C20H18N4O6S. The fraction of sp³-hybridized carbons (Fsp3) is 0.200. The molecule has 2 heterocycles. The molecule has 1 aliphatic rings. The molecule has 0 saturated carbocycles. The largest absolute Gasteiger partial charge is 0.336 e. The molecule has 4 rings (SSSR count). The molecule has 1 aromatic heterocycles. The predicted octanol–water partition coefficient (Wildman–Crippen LogP) is 1.58. The van der Waals surface area contributed by atoms with Crippen LogP contribution in [0.4, 0.5) is 5.69 Å². The van der Waals surface area contributed by atoms with Crippen molar-refractivity contribution in [2.75, 3.05) is 26.2 Å². The molecule has 0 bridgehead atoms. The third kappa shape index (κ3) is 3.80. The van der Waals surface area contributed by atoms with Crippen molar-refractivity contribution in [3.8, 4) is 0 Å². The summed E-state index contributed by atoms with van der Waals surface area (Å²) in [5.41, 5.74) is -0.416. The number of pyridine rings is 1. The number of carbonyl (C=O) groups excluding carboxylic acids is 1. The van der Waals surface area contributed by atoms with Crippen molar-refractivity contribution in [1.29, 1.82) is 0 Å². The normalized spacial score (nSPS) is 15.2. The van der Waals surface area contributed by atoms with Gasteiger partial charge in [0.05, 0.1) is 4.92 Å². The number of fused-ring (bicyclic) bond motifs is 1. The van der Waals surface area contributed by atoms with Crippen LogP contribution in [0.5, 0.6) is 0 Å². The van der Waals surface area contributed by atoms with Crippen LogP contribution in [0, 0.1) is 10.1 Å². The average molecular weight is 442 g/mol. The number of aromatic amines is 1. The van der Waals surface area contributed by atoms with E-state index in [4.69, 9.17) is 0 Å². The van der Waals surface area contributed by atoms with E-state index in [0.29, 0.717) is 10.9 Å². The highest BCUT2D eigenvalue weighted by Gasteiger charge is 2.34. The lowest BCUT2D eigenvalue weighted by Gasteiger charge is -2.33. The summed E-state index contributed by atoms with van der Waals surface area (Å²) in [5, 5.41) is 11.9. The number of nitro benzene ring substituents is 1. The van der Waals surface area contributed by atoms with E-state index < -0.39 is 32.1 Å². The summed E-state index contributed by atoms with van der Waals surface area (Å²) >= 11 is 0. The van der Waals surface area contributed by atoms with Crippen molar-refractivity contribution < 1.29 is 18.1 Å². The second-order valence-electron chi connectivity index (χ2n) is 7.02. The lowest BCUT2D eigenvalue weighted by molar-refractivity contribution is -0.387. The molecule has 1 saturated heterocycles. The van der Waals surface area contributed by atoms with Crippen molar-refractivity contribution in [2.45, 2.75) is 4.90 Å². The Morgan fingerprint density at radius 1 is 1.00 bits per heavy atom. The van der Waals surface area contributed by atoms with Crippen LogP contribution < -0.4 is 5.56 Å². The Morgan fingerprint density at radius 3 is 2.35 bits per heavy atom. The minimum absolute atomic E-state index is 0.0197. The van der Waals surface area contributed by atoms with Crippen LogP contribution in [0.1, 0.15) is 10.4 Å². The fourth-order valence-corrected chi connectivity index (χ4v) is 5.15. The number of nitro groups is 1. The first-order valence-electron chi connectivity index (χ1n) is 9.44. The highest BCUT2D eigenvalue weighted by atomic mass is 32.2. The summed E-state index contributed by atoms with van der Waals surface area (Å²) in [7, 11) is -4.10. The standard InChI is InChI=1S/C20H18N4O6S/c25-19-15(13-14-5-1-2-6-16(14)21-19)20(26)22-9-11-23(12-10-22)31(29,30)18-8-4-3-7-17(18)24(27)28/h1-8,13H,9-12H2,(H,21,25). The highest BCUT2D eigenvalue weighted by Crippen LogP contribution is 2.27. The Balaban J connectivity index is 1.54. The summed E-state index contributed by atoms with van der Waals surface area (Å²) in [5.74, 6) is -0.491. The van der Waals surface area contributed by atoms with E-state index >= 15 is 0 Å². The Labute approximate surface area is 176 Å². The maximum absolute atomic E-state index is 12.9. The van der Waals surface area contributed by atoms with E-state index in [0.717, 1.165) is 10.4 Å². The van der Waals surface area contributed by atoms with Gasteiger partial charge in [0.2, 0.25) is 10.0 Å². The van der Waals surface area contributed by atoms with E-state index in [1.54, 1.807) is 24.3 Å². The maximum Gasteiger partial charge on any atom is 0.289 e. The van der Waals surface area contributed by atoms with Crippen LogP contribution in [-0.2, 0) is 10.0 Å². The van der Waals surface area contributed by atoms with Gasteiger partial charge in [-0.3, -0.25) is 19.7 Å². The molecule has 0 aliphatic carbocycles. The number of hydrogen-bond acceptors (Lipinski definition) is 6. The molecule has 1 fully saturated rings. The zero-order valence-corrected chi connectivity index (χ0v) is 17.0. The number of benzene rings is 2. The molecule has 0 atom stereocenters. The Kier molecular flexibility index (Phi) is 5.29. The van der Waals surface area contributed by atoms with Gasteiger partial charge in [0.1, 0.15) is 5.56 Å². The summed E-state index contributed by atoms with van der Waals surface area (Å²) in [6.07, 6.45) is 0. The number of hydrogen-bond donors (Lipinski definition) is 1. The van der Waals surface area contributed by atoms with Crippen molar-refractivity contribution in [3.63, 3.8) is 0 Å². The third-order valence-corrected chi connectivity index (χ3v) is 7.14. The number of piperazine rings is 1. The summed E-state index contributed by atoms with van der Waals surface area (Å²) < 4.78 is 27.0. The number of para-hydroxylation sites is 2. The number of carbonyl (C=O) groups is 1. The third-order valence-electron chi connectivity index (χ3n) is 5.19. The van der Waals surface area contributed by atoms with Crippen molar-refractivity contribution >= 4 is 32.5 Å². The Hall–Kier alpha value is -3.57. The van der Waals surface area contributed by atoms with Gasteiger partial charge >= 0.3 is 0 Å². The van der Waals surface area contributed by atoms with Crippen LogP contribution >= 0.6 is 0 Å². The Morgan fingerprint density at radius 2 is 1.65 bits per heavy atom. The van der Waals surface area contributed by atoms with Gasteiger partial charge in [0, 0.05) is 37.8 Å². The minimum atomic E-state index is -4.10. The molecule has 1 N–H and O–H groups in total. The molecule has 0 spiro atoms. The van der Waals surface area contributed by atoms with Gasteiger partial charge in [-0.05, 0) is 23.6 Å². The second kappa shape index (κ2) is 7.93. The molecule has 1 amide bonds. The fourth-order valence-electron chi connectivity index (χ4n) is 3.57. The van der Waals surface area contributed by atoms with Gasteiger partial charge in [0.15, 0.2) is 4.90 Å². The van der Waals surface area contributed by atoms with Gasteiger partial charge < -0.3 is 9.88 Å². The molecule has 1 aliphatic heterocycles. The van der Waals surface area contributed by atoms with E-state index in [9.17, 15) is 28.1 Å². The molecule has 2 aromatic carbocycles. The first-order chi connectivity index (χ1) is 14.8. The number of sulfonamides is 1. The first-order valence-corrected chi connectivity index (χ1v) is 10.9. The summed E-state index contributed by atoms with van der Waals surface area (Å²) in [6, 6.07) is 13.8. The molecule has 31 heavy (non-hydrogen) atoms. The highest BCUT2D eigenvalue weighted by molar-refractivity contribution is 7.89. The number of amides is 1. The Bertz CT molecular complexity index is 1340. The van der Waals surface area contributed by atoms with Crippen molar-refractivity contribution in [1.82, 2.24) is 14.2 Å². The topological polar surface area (TPSA) is 134 Å². The molecular weight excluding hydrogens is 424 g/mol. The van der Waals surface area contributed by atoms with Gasteiger partial charge in [0.25, 0.3) is 17.2 Å². The van der Waals surface area contributed by atoms with Crippen LogP contribution in [0.15, 0.2) is 64.3 Å². The number of aromatic nitrogens is 1. The maximum atomic E-state index is 12.9. The first kappa shape index (κ1) is 20.7.